The van der Waals surface area contributed by atoms with Crippen molar-refractivity contribution < 1.29 is 4.79 Å². The number of rotatable bonds is 2. The van der Waals surface area contributed by atoms with Crippen LogP contribution in [0, 0.1) is 0 Å². The summed E-state index contributed by atoms with van der Waals surface area (Å²) in [6.07, 6.45) is 5.22. The molecule has 1 saturated heterocycles. The third-order valence-electron chi connectivity index (χ3n) is 2.87. The lowest BCUT2D eigenvalue weighted by Gasteiger charge is -2.15. The van der Waals surface area contributed by atoms with Gasteiger partial charge in [-0.1, -0.05) is 42.2 Å². The second-order valence-electron chi connectivity index (χ2n) is 4.25. The molecule has 1 aromatic carbocycles. The first kappa shape index (κ1) is 14.4. The number of hydrogen-bond donors (Lipinski definition) is 0. The molecule has 0 bridgehead atoms. The van der Waals surface area contributed by atoms with Gasteiger partial charge in [0.05, 0.1) is 10.6 Å². The smallest absolute Gasteiger partial charge is 0.268 e. The number of thiocarbonyl (C=S) groups is 1. The minimum atomic E-state index is -0.110. The third-order valence-corrected chi connectivity index (χ3v) is 4.84. The Balaban J connectivity index is 1.97. The molecule has 3 rings (SSSR count). The van der Waals surface area contributed by atoms with Gasteiger partial charge in [0, 0.05) is 16.9 Å². The Morgan fingerprint density at radius 2 is 2.05 bits per heavy atom. The average molecular weight is 377 g/mol. The number of benzene rings is 1. The number of anilines is 1. The highest BCUT2D eigenvalue weighted by Crippen LogP contribution is 2.38. The number of aromatic nitrogens is 1. The van der Waals surface area contributed by atoms with E-state index < -0.39 is 0 Å². The van der Waals surface area contributed by atoms with Gasteiger partial charge < -0.3 is 0 Å². The van der Waals surface area contributed by atoms with Crippen molar-refractivity contribution in [2.45, 2.75) is 0 Å². The maximum absolute atomic E-state index is 12.6. The largest absolute Gasteiger partial charge is 0.270 e. The van der Waals surface area contributed by atoms with Gasteiger partial charge in [0.15, 0.2) is 4.32 Å². The monoisotopic (exact) mass is 376 g/mol. The van der Waals surface area contributed by atoms with Crippen LogP contribution in [0.5, 0.6) is 0 Å². The Hall–Kier alpha value is -1.50. The second-order valence-corrected chi connectivity index (χ2v) is 6.78. The Morgan fingerprint density at radius 3 is 2.76 bits per heavy atom. The van der Waals surface area contributed by atoms with Gasteiger partial charge in [0.2, 0.25) is 0 Å². The molecule has 104 valence electrons. The Kier molecular flexibility index (Phi) is 4.19. The minimum absolute atomic E-state index is 0.110. The Bertz CT molecular complexity index is 746. The molecule has 2 heterocycles. The SMILES string of the molecule is O=C1C(=Cc2cccnc2)SC(=S)N1c1ccccc1Br. The topological polar surface area (TPSA) is 33.2 Å². The standard InChI is InChI=1S/C15H9BrN2OS2/c16-11-5-1-2-6-12(11)18-14(19)13(21-15(18)20)8-10-4-3-7-17-9-10/h1-9H. The van der Waals surface area contributed by atoms with E-state index in [0.717, 1.165) is 15.7 Å². The summed E-state index contributed by atoms with van der Waals surface area (Å²) in [5, 5.41) is 0. The zero-order valence-corrected chi connectivity index (χ0v) is 13.9. The predicted molar refractivity (Wildman–Crippen MR) is 94.0 cm³/mol. The summed E-state index contributed by atoms with van der Waals surface area (Å²) in [5.41, 5.74) is 1.64. The summed E-state index contributed by atoms with van der Waals surface area (Å²) in [6, 6.07) is 11.3. The highest BCUT2D eigenvalue weighted by Gasteiger charge is 2.34. The molecule has 1 aliphatic rings. The number of para-hydroxylation sites is 1. The maximum Gasteiger partial charge on any atom is 0.270 e. The average Bonchev–Trinajstić information content (AvgIpc) is 2.76. The first-order chi connectivity index (χ1) is 10.2. The molecule has 2 aromatic rings. The molecule has 0 unspecified atom stereocenters. The van der Waals surface area contributed by atoms with Crippen molar-refractivity contribution in [3.05, 3.63) is 63.7 Å². The van der Waals surface area contributed by atoms with E-state index in [9.17, 15) is 4.79 Å². The van der Waals surface area contributed by atoms with Crippen LogP contribution in [0.1, 0.15) is 5.56 Å². The highest BCUT2D eigenvalue weighted by atomic mass is 79.9. The van der Waals surface area contributed by atoms with Crippen molar-refractivity contribution in [1.82, 2.24) is 4.98 Å². The first-order valence-corrected chi connectivity index (χ1v) is 8.11. The van der Waals surface area contributed by atoms with Crippen LogP contribution in [0.25, 0.3) is 6.08 Å². The van der Waals surface area contributed by atoms with Crippen LogP contribution >= 0.6 is 39.9 Å². The molecule has 1 aliphatic heterocycles. The van der Waals surface area contributed by atoms with Crippen molar-refractivity contribution in [1.29, 1.82) is 0 Å². The molecule has 3 nitrogen and oxygen atoms in total. The molecule has 0 atom stereocenters. The van der Waals surface area contributed by atoms with Crippen LogP contribution in [-0.4, -0.2) is 15.2 Å². The van der Waals surface area contributed by atoms with Crippen LogP contribution in [0.4, 0.5) is 5.69 Å². The van der Waals surface area contributed by atoms with Gasteiger partial charge in [-0.25, -0.2) is 0 Å². The van der Waals surface area contributed by atoms with E-state index in [1.807, 2.05) is 42.5 Å². The lowest BCUT2D eigenvalue weighted by Crippen LogP contribution is -2.27. The fourth-order valence-corrected chi connectivity index (χ4v) is 3.67. The molecule has 21 heavy (non-hydrogen) atoms. The number of pyridine rings is 1. The van der Waals surface area contributed by atoms with Gasteiger partial charge in [-0.2, -0.15) is 0 Å². The second kappa shape index (κ2) is 6.09. The number of hydrogen-bond acceptors (Lipinski definition) is 4. The fourth-order valence-electron chi connectivity index (χ4n) is 1.92. The molecule has 0 radical (unpaired) electrons. The summed E-state index contributed by atoms with van der Waals surface area (Å²) < 4.78 is 1.37. The summed E-state index contributed by atoms with van der Waals surface area (Å²) >= 11 is 10.1. The normalized spacial score (nSPS) is 16.8. The lowest BCUT2D eigenvalue weighted by atomic mass is 10.2. The first-order valence-electron chi connectivity index (χ1n) is 6.09. The van der Waals surface area contributed by atoms with E-state index in [1.165, 1.54) is 11.8 Å². The van der Waals surface area contributed by atoms with Gasteiger partial charge in [-0.3, -0.25) is 14.7 Å². The quantitative estimate of drug-likeness (QED) is 0.579. The van der Waals surface area contributed by atoms with Crippen molar-refractivity contribution in [3.8, 4) is 0 Å². The van der Waals surface area contributed by atoms with E-state index in [2.05, 4.69) is 20.9 Å². The highest BCUT2D eigenvalue weighted by molar-refractivity contribution is 9.10. The number of carbonyl (C=O) groups is 1. The van der Waals surface area contributed by atoms with Crippen molar-refractivity contribution in [2.75, 3.05) is 4.90 Å². The molecule has 6 heteroatoms. The molecular weight excluding hydrogens is 368 g/mol. The predicted octanol–water partition coefficient (Wildman–Crippen LogP) is 4.25. The molecule has 0 saturated carbocycles. The number of amides is 1. The van der Waals surface area contributed by atoms with Gasteiger partial charge >= 0.3 is 0 Å². The van der Waals surface area contributed by atoms with E-state index in [4.69, 9.17) is 12.2 Å². The van der Waals surface area contributed by atoms with Crippen molar-refractivity contribution >= 4 is 61.9 Å². The number of halogens is 1. The zero-order valence-electron chi connectivity index (χ0n) is 10.7. The fraction of sp³-hybridized carbons (Fsp3) is 0. The van der Waals surface area contributed by atoms with Crippen molar-refractivity contribution in [3.63, 3.8) is 0 Å². The Labute approximate surface area is 140 Å². The van der Waals surface area contributed by atoms with Crippen molar-refractivity contribution in [2.24, 2.45) is 0 Å². The summed E-state index contributed by atoms with van der Waals surface area (Å²) in [6.45, 7) is 0. The van der Waals surface area contributed by atoms with E-state index in [1.54, 1.807) is 17.3 Å². The molecule has 1 aromatic heterocycles. The van der Waals surface area contributed by atoms with Crippen LogP contribution in [-0.2, 0) is 4.79 Å². The van der Waals surface area contributed by atoms with E-state index in [0.29, 0.717) is 9.23 Å². The van der Waals surface area contributed by atoms with Crippen LogP contribution in [0.3, 0.4) is 0 Å². The van der Waals surface area contributed by atoms with Gasteiger partial charge in [0.25, 0.3) is 5.91 Å². The van der Waals surface area contributed by atoms with E-state index >= 15 is 0 Å². The maximum atomic E-state index is 12.6. The number of thioether (sulfide) groups is 1. The summed E-state index contributed by atoms with van der Waals surface area (Å²) in [5.74, 6) is -0.110. The number of nitrogens with zero attached hydrogens (tertiary/aromatic N) is 2. The minimum Gasteiger partial charge on any atom is -0.268 e. The van der Waals surface area contributed by atoms with E-state index in [-0.39, 0.29) is 5.91 Å². The van der Waals surface area contributed by atoms with Gasteiger partial charge in [-0.15, -0.1) is 0 Å². The summed E-state index contributed by atoms with van der Waals surface area (Å²) in [4.78, 5) is 18.8. The summed E-state index contributed by atoms with van der Waals surface area (Å²) in [7, 11) is 0. The van der Waals surface area contributed by atoms with Crippen LogP contribution < -0.4 is 4.90 Å². The number of carbonyl (C=O) groups excluding carboxylic acids is 1. The molecular formula is C15H9BrN2OS2. The van der Waals surface area contributed by atoms with Gasteiger partial charge in [-0.05, 0) is 45.8 Å². The molecule has 0 spiro atoms. The Morgan fingerprint density at radius 1 is 1.24 bits per heavy atom. The molecule has 1 amide bonds. The van der Waals surface area contributed by atoms with Crippen LogP contribution in [0.15, 0.2) is 58.2 Å². The third kappa shape index (κ3) is 2.92. The molecule has 1 fully saturated rings. The van der Waals surface area contributed by atoms with Gasteiger partial charge in [0.1, 0.15) is 0 Å². The lowest BCUT2D eigenvalue weighted by molar-refractivity contribution is -0.113. The molecule has 0 aliphatic carbocycles. The zero-order chi connectivity index (χ0) is 14.8. The van der Waals surface area contributed by atoms with Crippen LogP contribution in [0.2, 0.25) is 0 Å². The molecule has 0 N–H and O–H groups in total.